The number of hydrogen-bond donors (Lipinski definition) is 1. The van der Waals surface area contributed by atoms with Gasteiger partial charge in [-0.25, -0.2) is 8.78 Å². The van der Waals surface area contributed by atoms with Crippen LogP contribution in [0.5, 0.6) is 5.75 Å². The predicted octanol–water partition coefficient (Wildman–Crippen LogP) is 4.88. The maximum Gasteiger partial charge on any atom is 0.310 e. The number of carbonyl (C=O) groups is 3. The number of rotatable bonds is 10. The third kappa shape index (κ3) is 7.42. The number of carbonyl (C=O) groups excluding carboxylic acids is 3. The van der Waals surface area contributed by atoms with Crippen molar-refractivity contribution in [2.24, 2.45) is 0 Å². The highest BCUT2D eigenvalue weighted by atomic mass is 32.2. The van der Waals surface area contributed by atoms with E-state index in [0.717, 1.165) is 23.9 Å². The Morgan fingerprint density at radius 3 is 2.45 bits per heavy atom. The first-order valence-electron chi connectivity index (χ1n) is 10.2. The number of nitrogens with one attached hydrogen (secondary N) is 1. The van der Waals surface area contributed by atoms with Gasteiger partial charge in [0, 0.05) is 30.7 Å². The maximum absolute atomic E-state index is 14.3. The summed E-state index contributed by atoms with van der Waals surface area (Å²) in [6, 6.07) is 6.74. The summed E-state index contributed by atoms with van der Waals surface area (Å²) in [4.78, 5) is 36.4. The molecule has 0 saturated heterocycles. The fraction of sp³-hybridized carbons (Fsp3) is 0.292. The van der Waals surface area contributed by atoms with Crippen molar-refractivity contribution < 1.29 is 32.6 Å². The Bertz CT molecular complexity index is 1060. The molecule has 0 aliphatic rings. The summed E-state index contributed by atoms with van der Waals surface area (Å²) in [5.41, 5.74) is 0.432. The molecule has 33 heavy (non-hydrogen) atoms. The van der Waals surface area contributed by atoms with Gasteiger partial charge in [0.25, 0.3) is 0 Å². The van der Waals surface area contributed by atoms with Gasteiger partial charge in [-0.15, -0.1) is 0 Å². The van der Waals surface area contributed by atoms with E-state index in [2.05, 4.69) is 11.9 Å². The molecule has 0 saturated carbocycles. The zero-order valence-corrected chi connectivity index (χ0v) is 19.4. The molecule has 176 valence electrons. The first kappa shape index (κ1) is 26.1. The summed E-state index contributed by atoms with van der Waals surface area (Å²) in [7, 11) is 0. The van der Waals surface area contributed by atoms with Gasteiger partial charge >= 0.3 is 5.97 Å². The van der Waals surface area contributed by atoms with E-state index in [-0.39, 0.29) is 35.0 Å². The van der Waals surface area contributed by atoms with Gasteiger partial charge in [-0.3, -0.25) is 14.4 Å². The zero-order valence-electron chi connectivity index (χ0n) is 18.6. The van der Waals surface area contributed by atoms with E-state index in [9.17, 15) is 23.2 Å². The van der Waals surface area contributed by atoms with Crippen LogP contribution in [0.25, 0.3) is 11.1 Å². The zero-order chi connectivity index (χ0) is 24.5. The van der Waals surface area contributed by atoms with Gasteiger partial charge in [0.2, 0.25) is 11.0 Å². The average Bonchev–Trinajstić information content (AvgIpc) is 2.76. The van der Waals surface area contributed by atoms with E-state index in [0.29, 0.717) is 17.9 Å². The topological polar surface area (TPSA) is 81.7 Å². The monoisotopic (exact) mass is 477 g/mol. The Morgan fingerprint density at radius 1 is 1.12 bits per heavy atom. The fourth-order valence-corrected chi connectivity index (χ4v) is 3.75. The van der Waals surface area contributed by atoms with Crippen molar-refractivity contribution in [3.05, 3.63) is 65.9 Å². The van der Waals surface area contributed by atoms with Crippen molar-refractivity contribution in [1.29, 1.82) is 0 Å². The molecule has 1 unspecified atom stereocenters. The summed E-state index contributed by atoms with van der Waals surface area (Å²) >= 11 is 0.854. The molecule has 2 aromatic rings. The van der Waals surface area contributed by atoms with E-state index in [1.165, 1.54) is 31.2 Å². The number of thioether (sulfide) groups is 1. The number of esters is 1. The van der Waals surface area contributed by atoms with Gasteiger partial charge in [0.05, 0.1) is 18.2 Å². The number of amides is 1. The molecule has 2 aromatic carbocycles. The second kappa shape index (κ2) is 12.2. The van der Waals surface area contributed by atoms with Gasteiger partial charge in [0.1, 0.15) is 23.1 Å². The highest BCUT2D eigenvalue weighted by Crippen LogP contribution is 2.32. The highest BCUT2D eigenvalue weighted by Gasteiger charge is 2.22. The molecule has 0 aromatic heterocycles. The van der Waals surface area contributed by atoms with Crippen molar-refractivity contribution in [2.45, 2.75) is 33.2 Å². The van der Waals surface area contributed by atoms with E-state index in [1.807, 2.05) is 0 Å². The largest absolute Gasteiger partial charge is 0.497 e. The van der Waals surface area contributed by atoms with Crippen LogP contribution in [-0.4, -0.2) is 35.4 Å². The fourth-order valence-electron chi connectivity index (χ4n) is 2.85. The highest BCUT2D eigenvalue weighted by molar-refractivity contribution is 8.14. The summed E-state index contributed by atoms with van der Waals surface area (Å²) < 4.78 is 38.2. The molecular weight excluding hydrogens is 452 g/mol. The van der Waals surface area contributed by atoms with Crippen LogP contribution in [0.4, 0.5) is 8.78 Å². The van der Waals surface area contributed by atoms with Crippen LogP contribution in [0.1, 0.15) is 37.6 Å². The first-order valence-corrected chi connectivity index (χ1v) is 11.2. The van der Waals surface area contributed by atoms with Crippen LogP contribution >= 0.6 is 11.8 Å². The lowest BCUT2D eigenvalue weighted by molar-refractivity contribution is -0.134. The molecule has 0 spiro atoms. The lowest BCUT2D eigenvalue weighted by Crippen LogP contribution is -2.37. The Hall–Kier alpha value is -3.20. The first-order chi connectivity index (χ1) is 15.7. The third-order valence-electron chi connectivity index (χ3n) is 4.43. The molecule has 1 N–H and O–H groups in total. The van der Waals surface area contributed by atoms with Crippen molar-refractivity contribution in [3.8, 4) is 16.9 Å². The van der Waals surface area contributed by atoms with E-state index in [1.54, 1.807) is 13.8 Å². The van der Waals surface area contributed by atoms with Crippen LogP contribution < -0.4 is 10.1 Å². The van der Waals surface area contributed by atoms with Gasteiger partial charge in [-0.2, -0.15) is 0 Å². The molecule has 0 aliphatic heterocycles. The Labute approximate surface area is 195 Å². The van der Waals surface area contributed by atoms with E-state index in [4.69, 9.17) is 9.47 Å². The van der Waals surface area contributed by atoms with Crippen molar-refractivity contribution >= 4 is 28.8 Å². The normalized spacial score (nSPS) is 11.4. The SMILES string of the molecule is C=C(OCC)C(CSC(=O)c1cc(-c2ccc(F)cc2F)ccc1OC(=O)CC)NC(C)=O. The molecule has 9 heteroatoms. The van der Waals surface area contributed by atoms with E-state index >= 15 is 0 Å². The van der Waals surface area contributed by atoms with Crippen molar-refractivity contribution in [2.75, 3.05) is 12.4 Å². The molecule has 0 radical (unpaired) electrons. The second-order valence-electron chi connectivity index (χ2n) is 6.91. The summed E-state index contributed by atoms with van der Waals surface area (Å²) in [5, 5.41) is 2.20. The van der Waals surface area contributed by atoms with Crippen LogP contribution in [0.3, 0.4) is 0 Å². The number of halogens is 2. The Kier molecular flexibility index (Phi) is 9.59. The van der Waals surface area contributed by atoms with Gasteiger partial charge in [-0.1, -0.05) is 31.3 Å². The second-order valence-corrected chi connectivity index (χ2v) is 7.91. The quantitative estimate of drug-likeness (QED) is 0.299. The standard InChI is InChI=1S/C24H25F2NO5S/c1-5-23(29)32-22-10-7-16(18-9-8-17(25)12-20(18)26)11-19(22)24(30)33-13-21(27-15(4)28)14(3)31-6-2/h7-12,21H,3,5-6,13H2,1-2,4H3,(H,27,28). The minimum absolute atomic E-state index is 0.0188. The smallest absolute Gasteiger partial charge is 0.310 e. The average molecular weight is 478 g/mol. The van der Waals surface area contributed by atoms with Crippen molar-refractivity contribution in [3.63, 3.8) is 0 Å². The van der Waals surface area contributed by atoms with Gasteiger partial charge in [-0.05, 0) is 36.8 Å². The third-order valence-corrected chi connectivity index (χ3v) is 5.41. The summed E-state index contributed by atoms with van der Waals surface area (Å²) in [6.07, 6.45) is 0.0912. The Morgan fingerprint density at radius 2 is 1.85 bits per heavy atom. The van der Waals surface area contributed by atoms with Gasteiger partial charge in [0.15, 0.2) is 0 Å². The molecule has 0 aliphatic carbocycles. The van der Waals surface area contributed by atoms with Crippen LogP contribution in [0.15, 0.2) is 48.7 Å². The minimum atomic E-state index is -0.793. The molecule has 2 rings (SSSR count). The Balaban J connectivity index is 2.36. The summed E-state index contributed by atoms with van der Waals surface area (Å²) in [6.45, 7) is 8.84. The van der Waals surface area contributed by atoms with E-state index < -0.39 is 28.8 Å². The van der Waals surface area contributed by atoms with Gasteiger partial charge < -0.3 is 14.8 Å². The van der Waals surface area contributed by atoms with Crippen LogP contribution in [0.2, 0.25) is 0 Å². The predicted molar refractivity (Wildman–Crippen MR) is 123 cm³/mol. The van der Waals surface area contributed by atoms with Crippen LogP contribution in [0, 0.1) is 11.6 Å². The maximum atomic E-state index is 14.3. The number of ether oxygens (including phenoxy) is 2. The van der Waals surface area contributed by atoms with Crippen molar-refractivity contribution in [1.82, 2.24) is 5.32 Å². The van der Waals surface area contributed by atoms with Crippen LogP contribution in [-0.2, 0) is 14.3 Å². The molecule has 0 heterocycles. The number of hydrogen-bond acceptors (Lipinski definition) is 6. The molecule has 1 amide bonds. The lowest BCUT2D eigenvalue weighted by Gasteiger charge is -2.20. The molecule has 6 nitrogen and oxygen atoms in total. The number of benzene rings is 2. The summed E-state index contributed by atoms with van der Waals surface area (Å²) in [5.74, 6) is -1.96. The molecular formula is C24H25F2NO5S. The molecule has 0 fully saturated rings. The molecule has 1 atom stereocenters. The minimum Gasteiger partial charge on any atom is -0.497 e. The molecule has 0 bridgehead atoms. The lowest BCUT2D eigenvalue weighted by atomic mass is 10.0.